The second-order valence-electron chi connectivity index (χ2n) is 6.29. The number of rotatable bonds is 5. The van der Waals surface area contributed by atoms with Crippen LogP contribution in [-0.4, -0.2) is 35.0 Å². The molecule has 3 aromatic rings. The van der Waals surface area contributed by atoms with Crippen LogP contribution in [0.3, 0.4) is 0 Å². The summed E-state index contributed by atoms with van der Waals surface area (Å²) in [6, 6.07) is 13.9. The largest absolute Gasteiger partial charge is 0.351 e. The first-order valence-electron chi connectivity index (χ1n) is 8.59. The summed E-state index contributed by atoms with van der Waals surface area (Å²) in [7, 11) is 0. The van der Waals surface area contributed by atoms with Crippen molar-refractivity contribution in [2.24, 2.45) is 0 Å². The number of thiophene rings is 1. The Bertz CT molecular complexity index is 853. The second kappa shape index (κ2) is 7.25. The molecule has 0 radical (unpaired) electrons. The Morgan fingerprint density at radius 2 is 2.04 bits per heavy atom. The Labute approximate surface area is 151 Å². The molecule has 0 fully saturated rings. The van der Waals surface area contributed by atoms with Gasteiger partial charge < -0.3 is 9.88 Å². The number of hydrogen-bond acceptors (Lipinski definition) is 3. The van der Waals surface area contributed by atoms with Gasteiger partial charge >= 0.3 is 0 Å². The van der Waals surface area contributed by atoms with Crippen molar-refractivity contribution in [1.82, 2.24) is 14.8 Å². The quantitative estimate of drug-likeness (QED) is 0.766. The zero-order valence-corrected chi connectivity index (χ0v) is 14.8. The highest BCUT2D eigenvalue weighted by Crippen LogP contribution is 2.23. The van der Waals surface area contributed by atoms with Crippen molar-refractivity contribution in [1.29, 1.82) is 0 Å². The second-order valence-corrected chi connectivity index (χ2v) is 7.29. The van der Waals surface area contributed by atoms with Gasteiger partial charge in [0, 0.05) is 54.7 Å². The van der Waals surface area contributed by atoms with Crippen LogP contribution < -0.4 is 5.32 Å². The van der Waals surface area contributed by atoms with Crippen molar-refractivity contribution < 1.29 is 4.79 Å². The Kier molecular flexibility index (Phi) is 4.68. The lowest BCUT2D eigenvalue weighted by Crippen LogP contribution is -2.37. The van der Waals surface area contributed by atoms with Crippen molar-refractivity contribution in [2.45, 2.75) is 13.0 Å². The average Bonchev–Trinajstić information content (AvgIpc) is 3.33. The van der Waals surface area contributed by atoms with Gasteiger partial charge in [-0.05, 0) is 53.8 Å². The summed E-state index contributed by atoms with van der Waals surface area (Å²) in [6.45, 7) is 3.63. The van der Waals surface area contributed by atoms with Gasteiger partial charge in [0.1, 0.15) is 0 Å². The predicted octanol–water partition coefficient (Wildman–Crippen LogP) is 3.33. The van der Waals surface area contributed by atoms with Gasteiger partial charge in [0.15, 0.2) is 0 Å². The van der Waals surface area contributed by atoms with E-state index in [2.05, 4.69) is 21.7 Å². The first-order chi connectivity index (χ1) is 12.3. The molecule has 0 atom stereocenters. The van der Waals surface area contributed by atoms with Gasteiger partial charge in [-0.25, -0.2) is 0 Å². The number of carbonyl (C=O) groups is 1. The Morgan fingerprint density at radius 1 is 1.16 bits per heavy atom. The standard InChI is InChI=1S/C20H21N3OS/c24-20(16-4-3-5-18(14-16)23-9-1-2-10-23)21-8-12-22-11-6-19-17(15-22)7-13-25-19/h1-5,7,9-10,13-14H,6,8,11-12,15H2,(H,21,24). The number of nitrogens with one attached hydrogen (secondary N) is 1. The first kappa shape index (κ1) is 16.1. The van der Waals surface area contributed by atoms with Gasteiger partial charge in [-0.15, -0.1) is 11.3 Å². The third-order valence-corrected chi connectivity index (χ3v) is 5.63. The van der Waals surface area contributed by atoms with E-state index in [4.69, 9.17) is 0 Å². The number of benzene rings is 1. The van der Waals surface area contributed by atoms with Crippen molar-refractivity contribution >= 4 is 17.2 Å². The van der Waals surface area contributed by atoms with E-state index in [1.54, 1.807) is 0 Å². The van der Waals surface area contributed by atoms with Crippen LogP contribution in [0, 0.1) is 0 Å². The zero-order chi connectivity index (χ0) is 17.1. The highest BCUT2D eigenvalue weighted by atomic mass is 32.1. The van der Waals surface area contributed by atoms with Crippen LogP contribution in [0.25, 0.3) is 5.69 Å². The summed E-state index contributed by atoms with van der Waals surface area (Å²) in [6.07, 6.45) is 5.08. The van der Waals surface area contributed by atoms with Crippen molar-refractivity contribution in [2.75, 3.05) is 19.6 Å². The molecule has 4 rings (SSSR count). The van der Waals surface area contributed by atoms with E-state index in [-0.39, 0.29) is 5.91 Å². The van der Waals surface area contributed by atoms with E-state index in [1.807, 2.05) is 64.7 Å². The summed E-state index contributed by atoms with van der Waals surface area (Å²) in [5.74, 6) is -0.0118. The molecule has 1 N–H and O–H groups in total. The Hall–Kier alpha value is -2.37. The maximum Gasteiger partial charge on any atom is 0.251 e. The maximum absolute atomic E-state index is 12.4. The highest BCUT2D eigenvalue weighted by Gasteiger charge is 2.17. The molecule has 2 aromatic heterocycles. The van der Waals surface area contributed by atoms with Crippen LogP contribution in [0.1, 0.15) is 20.8 Å². The smallest absolute Gasteiger partial charge is 0.251 e. The molecule has 3 heterocycles. The molecule has 25 heavy (non-hydrogen) atoms. The first-order valence-corrected chi connectivity index (χ1v) is 9.47. The summed E-state index contributed by atoms with van der Waals surface area (Å²) >= 11 is 1.86. The molecule has 1 aliphatic heterocycles. The monoisotopic (exact) mass is 351 g/mol. The molecule has 0 saturated heterocycles. The normalized spacial score (nSPS) is 14.2. The van der Waals surface area contributed by atoms with Crippen molar-refractivity contribution in [3.05, 3.63) is 76.2 Å². The van der Waals surface area contributed by atoms with Gasteiger partial charge in [-0.3, -0.25) is 9.69 Å². The minimum Gasteiger partial charge on any atom is -0.351 e. The fourth-order valence-electron chi connectivity index (χ4n) is 3.24. The van der Waals surface area contributed by atoms with E-state index < -0.39 is 0 Å². The molecule has 4 nitrogen and oxygen atoms in total. The van der Waals surface area contributed by atoms with E-state index >= 15 is 0 Å². The summed E-state index contributed by atoms with van der Waals surface area (Å²) in [5.41, 5.74) is 3.14. The predicted molar refractivity (Wildman–Crippen MR) is 101 cm³/mol. The zero-order valence-electron chi connectivity index (χ0n) is 14.0. The van der Waals surface area contributed by atoms with Crippen LogP contribution >= 0.6 is 11.3 Å². The Morgan fingerprint density at radius 3 is 2.92 bits per heavy atom. The fraction of sp³-hybridized carbons (Fsp3) is 0.250. The number of carbonyl (C=O) groups excluding carboxylic acids is 1. The molecule has 0 saturated carbocycles. The molecule has 5 heteroatoms. The lowest BCUT2D eigenvalue weighted by Gasteiger charge is -2.26. The number of fused-ring (bicyclic) bond motifs is 1. The average molecular weight is 351 g/mol. The van der Waals surface area contributed by atoms with E-state index in [0.29, 0.717) is 12.1 Å². The summed E-state index contributed by atoms with van der Waals surface area (Å²) in [5, 5.41) is 5.22. The van der Waals surface area contributed by atoms with E-state index in [1.165, 1.54) is 10.4 Å². The SMILES string of the molecule is O=C(NCCN1CCc2sccc2C1)c1cccc(-n2cccc2)c1. The fourth-order valence-corrected chi connectivity index (χ4v) is 4.13. The third kappa shape index (κ3) is 3.67. The molecular weight excluding hydrogens is 330 g/mol. The van der Waals surface area contributed by atoms with Gasteiger partial charge in [-0.2, -0.15) is 0 Å². The molecular formula is C20H21N3OS. The van der Waals surface area contributed by atoms with Crippen LogP contribution in [-0.2, 0) is 13.0 Å². The topological polar surface area (TPSA) is 37.3 Å². The maximum atomic E-state index is 12.4. The van der Waals surface area contributed by atoms with Crippen molar-refractivity contribution in [3.63, 3.8) is 0 Å². The number of nitrogens with zero attached hydrogens (tertiary/aromatic N) is 2. The minimum absolute atomic E-state index is 0.0118. The summed E-state index contributed by atoms with van der Waals surface area (Å²) < 4.78 is 2.00. The number of hydrogen-bond donors (Lipinski definition) is 1. The highest BCUT2D eigenvalue weighted by molar-refractivity contribution is 7.10. The van der Waals surface area contributed by atoms with Gasteiger partial charge in [0.2, 0.25) is 0 Å². The Balaban J connectivity index is 1.32. The molecule has 0 aliphatic carbocycles. The molecule has 1 amide bonds. The third-order valence-electron chi connectivity index (χ3n) is 4.61. The van der Waals surface area contributed by atoms with Crippen molar-refractivity contribution in [3.8, 4) is 5.69 Å². The van der Waals surface area contributed by atoms with E-state index in [9.17, 15) is 4.79 Å². The van der Waals surface area contributed by atoms with Crippen LogP contribution in [0.5, 0.6) is 0 Å². The molecule has 1 aliphatic rings. The molecule has 0 spiro atoms. The molecule has 1 aromatic carbocycles. The van der Waals surface area contributed by atoms with Gasteiger partial charge in [0.25, 0.3) is 5.91 Å². The summed E-state index contributed by atoms with van der Waals surface area (Å²) in [4.78, 5) is 16.4. The lowest BCUT2D eigenvalue weighted by atomic mass is 10.1. The molecule has 0 bridgehead atoms. The molecule has 128 valence electrons. The number of amides is 1. The van der Waals surface area contributed by atoms with E-state index in [0.717, 1.165) is 31.7 Å². The van der Waals surface area contributed by atoms with Crippen LogP contribution in [0.2, 0.25) is 0 Å². The van der Waals surface area contributed by atoms with Crippen LogP contribution in [0.15, 0.2) is 60.2 Å². The van der Waals surface area contributed by atoms with Gasteiger partial charge in [0.05, 0.1) is 0 Å². The minimum atomic E-state index is -0.0118. The van der Waals surface area contributed by atoms with Gasteiger partial charge in [-0.1, -0.05) is 6.07 Å². The molecule has 0 unspecified atom stereocenters. The lowest BCUT2D eigenvalue weighted by molar-refractivity contribution is 0.0947. The van der Waals surface area contributed by atoms with Crippen LogP contribution in [0.4, 0.5) is 0 Å². The number of aromatic nitrogens is 1.